The predicted octanol–water partition coefficient (Wildman–Crippen LogP) is 5.20. The van der Waals surface area contributed by atoms with Crippen LogP contribution in [-0.2, 0) is 4.84 Å². The molecule has 8 heteroatoms. The van der Waals surface area contributed by atoms with Gasteiger partial charge in [-0.3, -0.25) is 5.32 Å². The number of fused-ring (bicyclic) bond motifs is 1. The summed E-state index contributed by atoms with van der Waals surface area (Å²) in [5, 5.41) is 4.39. The van der Waals surface area contributed by atoms with Crippen molar-refractivity contribution in [1.29, 1.82) is 0 Å². The van der Waals surface area contributed by atoms with Gasteiger partial charge in [0.2, 0.25) is 6.79 Å². The van der Waals surface area contributed by atoms with E-state index in [0.717, 1.165) is 12.0 Å². The van der Waals surface area contributed by atoms with Crippen LogP contribution in [0.5, 0.6) is 17.2 Å². The molecule has 1 amide bonds. The van der Waals surface area contributed by atoms with Crippen molar-refractivity contribution >= 4 is 11.8 Å². The van der Waals surface area contributed by atoms with Crippen LogP contribution in [0, 0.1) is 11.7 Å². The van der Waals surface area contributed by atoms with Crippen LogP contribution in [-0.4, -0.2) is 37.6 Å². The van der Waals surface area contributed by atoms with Crippen molar-refractivity contribution in [3.05, 3.63) is 84.2 Å². The third-order valence-electron chi connectivity index (χ3n) is 6.04. The van der Waals surface area contributed by atoms with Gasteiger partial charge in [0.1, 0.15) is 11.6 Å². The van der Waals surface area contributed by atoms with Gasteiger partial charge < -0.3 is 19.0 Å². The van der Waals surface area contributed by atoms with Crippen molar-refractivity contribution in [1.82, 2.24) is 5.06 Å². The number of hydrogen-bond acceptors (Lipinski definition) is 6. The molecule has 2 atom stereocenters. The van der Waals surface area contributed by atoms with Crippen LogP contribution in [0.4, 0.5) is 14.9 Å². The molecule has 0 saturated carbocycles. The van der Waals surface area contributed by atoms with Gasteiger partial charge in [-0.15, -0.1) is 5.06 Å². The maximum absolute atomic E-state index is 13.5. The van der Waals surface area contributed by atoms with Crippen molar-refractivity contribution in [2.45, 2.75) is 12.3 Å². The van der Waals surface area contributed by atoms with Gasteiger partial charge in [-0.05, 0) is 54.3 Å². The summed E-state index contributed by atoms with van der Waals surface area (Å²) in [6.45, 7) is 1.63. The number of anilines is 1. The number of hydrogen-bond donors (Lipinski definition) is 1. The van der Waals surface area contributed by atoms with Crippen LogP contribution in [0.15, 0.2) is 72.8 Å². The molecular formula is C26H25FN2O5. The highest BCUT2D eigenvalue weighted by Gasteiger charge is 2.33. The van der Waals surface area contributed by atoms with Crippen LogP contribution in [0.1, 0.15) is 17.9 Å². The average molecular weight is 464 g/mol. The molecule has 2 aliphatic heterocycles. The zero-order valence-electron chi connectivity index (χ0n) is 18.5. The molecule has 5 rings (SSSR count). The number of halogens is 1. The zero-order valence-corrected chi connectivity index (χ0v) is 18.5. The maximum Gasteiger partial charge on any atom is 0.430 e. The summed E-state index contributed by atoms with van der Waals surface area (Å²) in [5.74, 6) is 1.88. The number of benzene rings is 3. The Morgan fingerprint density at radius 2 is 1.82 bits per heavy atom. The fourth-order valence-corrected chi connectivity index (χ4v) is 4.35. The molecule has 0 spiro atoms. The Morgan fingerprint density at radius 3 is 2.65 bits per heavy atom. The summed E-state index contributed by atoms with van der Waals surface area (Å²) < 4.78 is 30.4. The minimum absolute atomic E-state index is 0.00848. The van der Waals surface area contributed by atoms with Crippen molar-refractivity contribution in [2.75, 3.05) is 31.8 Å². The van der Waals surface area contributed by atoms with Gasteiger partial charge in [-0.1, -0.05) is 30.3 Å². The van der Waals surface area contributed by atoms with Gasteiger partial charge in [-0.25, -0.2) is 9.18 Å². The van der Waals surface area contributed by atoms with E-state index in [9.17, 15) is 9.18 Å². The van der Waals surface area contributed by atoms with Gasteiger partial charge in [0.05, 0.1) is 6.61 Å². The Balaban J connectivity index is 1.26. The number of para-hydroxylation sites is 1. The zero-order chi connectivity index (χ0) is 23.3. The highest BCUT2D eigenvalue weighted by atomic mass is 19.1. The number of carbonyl (C=O) groups is 1. The number of piperidine rings is 1. The van der Waals surface area contributed by atoms with Gasteiger partial charge in [0.15, 0.2) is 11.5 Å². The summed E-state index contributed by atoms with van der Waals surface area (Å²) in [6.07, 6.45) is 0.196. The molecule has 34 heavy (non-hydrogen) atoms. The van der Waals surface area contributed by atoms with E-state index in [1.54, 1.807) is 23.3 Å². The first-order chi connectivity index (χ1) is 16.6. The highest BCUT2D eigenvalue weighted by Crippen LogP contribution is 2.37. The second kappa shape index (κ2) is 10.0. The first-order valence-electron chi connectivity index (χ1n) is 11.2. The molecule has 0 radical (unpaired) electrons. The second-order valence-electron chi connectivity index (χ2n) is 8.29. The number of nitrogens with zero attached hydrogens (tertiary/aromatic N) is 1. The predicted molar refractivity (Wildman–Crippen MR) is 123 cm³/mol. The molecule has 2 aliphatic rings. The largest absolute Gasteiger partial charge is 0.493 e. The molecule has 0 unspecified atom stereocenters. The Bertz CT molecular complexity index is 1130. The molecule has 0 aliphatic carbocycles. The Kier molecular flexibility index (Phi) is 6.49. The number of carbonyl (C=O) groups excluding carboxylic acids is 1. The second-order valence-corrected chi connectivity index (χ2v) is 8.29. The van der Waals surface area contributed by atoms with Crippen molar-refractivity contribution < 1.29 is 28.2 Å². The molecule has 1 fully saturated rings. The van der Waals surface area contributed by atoms with Gasteiger partial charge >= 0.3 is 6.09 Å². The number of ether oxygens (including phenoxy) is 3. The van der Waals surface area contributed by atoms with E-state index in [-0.39, 0.29) is 24.4 Å². The van der Waals surface area contributed by atoms with E-state index in [1.165, 1.54) is 12.1 Å². The third kappa shape index (κ3) is 5.23. The van der Waals surface area contributed by atoms with E-state index in [2.05, 4.69) is 5.32 Å². The van der Waals surface area contributed by atoms with E-state index in [1.807, 2.05) is 42.5 Å². The normalized spacial score (nSPS) is 19.4. The lowest BCUT2D eigenvalue weighted by Crippen LogP contribution is -2.43. The van der Waals surface area contributed by atoms with Crippen LogP contribution >= 0.6 is 0 Å². The fourth-order valence-electron chi connectivity index (χ4n) is 4.35. The van der Waals surface area contributed by atoms with Crippen LogP contribution < -0.4 is 19.5 Å². The monoisotopic (exact) mass is 464 g/mol. The number of amides is 1. The third-order valence-corrected chi connectivity index (χ3v) is 6.04. The Labute approximate surface area is 196 Å². The lowest BCUT2D eigenvalue weighted by atomic mass is 9.81. The van der Waals surface area contributed by atoms with Gasteiger partial charge in [0.25, 0.3) is 0 Å². The molecule has 3 aromatic carbocycles. The van der Waals surface area contributed by atoms with E-state index < -0.39 is 6.09 Å². The molecule has 0 bridgehead atoms. The lowest BCUT2D eigenvalue weighted by Gasteiger charge is -2.37. The molecule has 2 heterocycles. The van der Waals surface area contributed by atoms with Crippen molar-refractivity contribution in [3.8, 4) is 17.2 Å². The first-order valence-corrected chi connectivity index (χ1v) is 11.2. The Morgan fingerprint density at radius 1 is 1.03 bits per heavy atom. The maximum atomic E-state index is 13.5. The highest BCUT2D eigenvalue weighted by molar-refractivity contribution is 5.84. The van der Waals surface area contributed by atoms with Gasteiger partial charge in [0, 0.05) is 30.8 Å². The summed E-state index contributed by atoms with van der Waals surface area (Å²) in [5.41, 5.74) is 1.70. The Hall–Kier alpha value is -3.78. The van der Waals surface area contributed by atoms with E-state index in [0.29, 0.717) is 42.6 Å². The quantitative estimate of drug-likeness (QED) is 0.541. The number of rotatable bonds is 6. The van der Waals surface area contributed by atoms with E-state index in [4.69, 9.17) is 19.0 Å². The molecule has 0 aromatic heterocycles. The standard InChI is InChI=1S/C26H25FN2O5/c27-20-8-6-18(7-9-20)23-12-13-29(34-26(30)28-21-4-2-1-3-5-21)15-19(23)16-31-22-10-11-24-25(14-22)33-17-32-24/h1-11,14,19,23H,12-13,15-17H2,(H,28,30)/t19-,23-/m0/s1. The molecule has 1 N–H and O–H groups in total. The number of nitrogens with one attached hydrogen (secondary N) is 1. The molecule has 7 nitrogen and oxygen atoms in total. The van der Waals surface area contributed by atoms with Gasteiger partial charge in [-0.2, -0.15) is 0 Å². The van der Waals surface area contributed by atoms with E-state index >= 15 is 0 Å². The summed E-state index contributed by atoms with van der Waals surface area (Å²) >= 11 is 0. The first kappa shape index (κ1) is 22.0. The molecule has 3 aromatic rings. The lowest BCUT2D eigenvalue weighted by molar-refractivity contribution is -0.126. The van der Waals surface area contributed by atoms with Crippen LogP contribution in [0.2, 0.25) is 0 Å². The smallest absolute Gasteiger partial charge is 0.430 e. The fraction of sp³-hybridized carbons (Fsp3) is 0.269. The summed E-state index contributed by atoms with van der Waals surface area (Å²) in [6, 6.07) is 21.2. The van der Waals surface area contributed by atoms with Crippen LogP contribution in [0.3, 0.4) is 0 Å². The van der Waals surface area contributed by atoms with Crippen molar-refractivity contribution in [3.63, 3.8) is 0 Å². The summed E-state index contributed by atoms with van der Waals surface area (Å²) in [7, 11) is 0. The number of hydroxylamine groups is 2. The SMILES string of the molecule is O=C(Nc1ccccc1)ON1CC[C@@H](c2ccc(F)cc2)[C@H](COc2ccc3c(c2)OCO3)C1. The molecule has 176 valence electrons. The minimum Gasteiger partial charge on any atom is -0.493 e. The molecular weight excluding hydrogens is 439 g/mol. The van der Waals surface area contributed by atoms with Crippen molar-refractivity contribution in [2.24, 2.45) is 5.92 Å². The van der Waals surface area contributed by atoms with Crippen LogP contribution in [0.25, 0.3) is 0 Å². The molecule has 1 saturated heterocycles. The minimum atomic E-state index is -0.540. The summed E-state index contributed by atoms with van der Waals surface area (Å²) in [4.78, 5) is 18.0. The average Bonchev–Trinajstić information content (AvgIpc) is 3.32. The topological polar surface area (TPSA) is 69.3 Å².